The second-order valence-corrected chi connectivity index (χ2v) is 4.40. The lowest BCUT2D eigenvalue weighted by molar-refractivity contribution is -0.112. The summed E-state index contributed by atoms with van der Waals surface area (Å²) in [6, 6.07) is 12.1. The number of para-hydroxylation sites is 1. The van der Waals surface area contributed by atoms with Crippen LogP contribution >= 0.6 is 0 Å². The normalized spacial score (nSPS) is 12.3. The van der Waals surface area contributed by atoms with Gasteiger partial charge in [-0.1, -0.05) is 24.3 Å². The fourth-order valence-corrected chi connectivity index (χ4v) is 2.18. The Balaban J connectivity index is 2.14. The van der Waals surface area contributed by atoms with Crippen molar-refractivity contribution in [3.63, 3.8) is 0 Å². The Morgan fingerprint density at radius 3 is 2.75 bits per heavy atom. The summed E-state index contributed by atoms with van der Waals surface area (Å²) in [6.07, 6.45) is 1.43. The molecule has 2 aromatic carbocycles. The quantitative estimate of drug-likeness (QED) is 0.774. The minimum atomic E-state index is -0.328. The number of carbonyl (C=O) groups excluding carboxylic acids is 2. The van der Waals surface area contributed by atoms with E-state index in [1.54, 1.807) is 49.6 Å². The molecule has 98 valence electrons. The Bertz CT molecular complexity index is 837. The fourth-order valence-electron chi connectivity index (χ4n) is 2.18. The zero-order valence-electron chi connectivity index (χ0n) is 10.8. The zero-order valence-corrected chi connectivity index (χ0v) is 10.8. The van der Waals surface area contributed by atoms with E-state index >= 15 is 0 Å². The van der Waals surface area contributed by atoms with Crippen LogP contribution < -0.4 is 15.3 Å². The number of fused-ring (bicyclic) bond motifs is 1. The molecule has 0 bridgehead atoms. The number of nitrogens with zero attached hydrogens (tertiary/aromatic N) is 1. The molecule has 1 heterocycles. The molecule has 4 heteroatoms. The first-order valence-corrected chi connectivity index (χ1v) is 6.11. The van der Waals surface area contributed by atoms with Crippen molar-refractivity contribution in [1.29, 1.82) is 0 Å². The topological polar surface area (TPSA) is 55.7 Å². The van der Waals surface area contributed by atoms with Crippen LogP contribution in [0.1, 0.15) is 15.9 Å². The van der Waals surface area contributed by atoms with Crippen LogP contribution in [0.2, 0.25) is 0 Å². The number of hydrogen-bond donors (Lipinski definition) is 0. The number of ketones is 1. The van der Waals surface area contributed by atoms with E-state index in [2.05, 4.69) is 4.99 Å². The predicted octanol–water partition coefficient (Wildman–Crippen LogP) is 0.866. The average molecular weight is 265 g/mol. The van der Waals surface area contributed by atoms with Crippen LogP contribution in [-0.4, -0.2) is 18.8 Å². The molecule has 1 amide bonds. The molecule has 20 heavy (non-hydrogen) atoms. The van der Waals surface area contributed by atoms with E-state index in [1.807, 2.05) is 0 Å². The first-order chi connectivity index (χ1) is 9.69. The molecule has 4 nitrogen and oxygen atoms in total. The second kappa shape index (κ2) is 4.74. The summed E-state index contributed by atoms with van der Waals surface area (Å²) in [5.41, 5.74) is 0.935. The van der Waals surface area contributed by atoms with Crippen LogP contribution in [0.15, 0.2) is 47.5 Å². The van der Waals surface area contributed by atoms with Crippen LogP contribution in [0.25, 0.3) is 6.08 Å². The van der Waals surface area contributed by atoms with Crippen molar-refractivity contribution in [2.75, 3.05) is 7.11 Å². The van der Waals surface area contributed by atoms with Crippen molar-refractivity contribution in [1.82, 2.24) is 0 Å². The number of methoxy groups -OCH3 is 1. The van der Waals surface area contributed by atoms with Crippen LogP contribution in [0.3, 0.4) is 0 Å². The summed E-state index contributed by atoms with van der Waals surface area (Å²) in [6.45, 7) is 0. The molecule has 2 aromatic rings. The van der Waals surface area contributed by atoms with Crippen molar-refractivity contribution in [3.05, 3.63) is 64.2 Å². The van der Waals surface area contributed by atoms with Gasteiger partial charge >= 0.3 is 0 Å². The van der Waals surface area contributed by atoms with Crippen LogP contribution in [0, 0.1) is 0 Å². The van der Waals surface area contributed by atoms with Crippen LogP contribution in [0.5, 0.6) is 5.75 Å². The van der Waals surface area contributed by atoms with Crippen molar-refractivity contribution >= 4 is 17.8 Å². The SMILES string of the molecule is COc1cccc(C(=O)c2cccc3c2=NC(=O)C=3)c1. The number of hydrogen-bond acceptors (Lipinski definition) is 3. The van der Waals surface area contributed by atoms with Gasteiger partial charge in [-0.3, -0.25) is 9.59 Å². The summed E-state index contributed by atoms with van der Waals surface area (Å²) < 4.78 is 5.11. The molecule has 0 atom stereocenters. The first kappa shape index (κ1) is 12.3. The molecule has 0 N–H and O–H groups in total. The van der Waals surface area contributed by atoms with E-state index in [0.29, 0.717) is 27.5 Å². The summed E-state index contributed by atoms with van der Waals surface area (Å²) >= 11 is 0. The third kappa shape index (κ3) is 2.01. The summed E-state index contributed by atoms with van der Waals surface area (Å²) in [5.74, 6) is 0.112. The molecule has 1 aliphatic rings. The molecule has 1 aliphatic heterocycles. The predicted molar refractivity (Wildman–Crippen MR) is 73.1 cm³/mol. The van der Waals surface area contributed by atoms with Gasteiger partial charge in [-0.15, -0.1) is 0 Å². The zero-order chi connectivity index (χ0) is 14.1. The van der Waals surface area contributed by atoms with E-state index < -0.39 is 0 Å². The molecule has 0 fully saturated rings. The molecule has 0 spiro atoms. The number of amides is 1. The van der Waals surface area contributed by atoms with Gasteiger partial charge in [0, 0.05) is 22.4 Å². The average Bonchev–Trinajstić information content (AvgIpc) is 2.86. The molecule has 0 radical (unpaired) electrons. The van der Waals surface area contributed by atoms with E-state index in [-0.39, 0.29) is 11.7 Å². The van der Waals surface area contributed by atoms with Gasteiger partial charge in [0.05, 0.1) is 12.5 Å². The Morgan fingerprint density at radius 1 is 1.15 bits per heavy atom. The standard InChI is InChI=1S/C16H11NO3/c1-20-12-6-2-5-11(8-12)16(19)13-7-3-4-10-9-14(18)17-15(10)13/h2-9H,1H3. The van der Waals surface area contributed by atoms with Gasteiger partial charge in [-0.2, -0.15) is 0 Å². The van der Waals surface area contributed by atoms with E-state index in [0.717, 1.165) is 0 Å². The van der Waals surface area contributed by atoms with E-state index in [9.17, 15) is 9.59 Å². The van der Waals surface area contributed by atoms with Crippen molar-refractivity contribution < 1.29 is 14.3 Å². The largest absolute Gasteiger partial charge is 0.497 e. The van der Waals surface area contributed by atoms with Gasteiger partial charge in [-0.25, -0.2) is 4.99 Å². The number of ether oxygens (including phenoxy) is 1. The Hall–Kier alpha value is -2.75. The van der Waals surface area contributed by atoms with E-state index in [4.69, 9.17) is 4.74 Å². The highest BCUT2D eigenvalue weighted by Crippen LogP contribution is 2.15. The van der Waals surface area contributed by atoms with Crippen LogP contribution in [0.4, 0.5) is 0 Å². The number of rotatable bonds is 3. The molecule has 0 saturated heterocycles. The maximum Gasteiger partial charge on any atom is 0.270 e. The third-order valence-electron chi connectivity index (χ3n) is 3.14. The number of carbonyl (C=O) groups is 2. The molecule has 0 aliphatic carbocycles. The van der Waals surface area contributed by atoms with Gasteiger partial charge in [0.15, 0.2) is 5.78 Å². The van der Waals surface area contributed by atoms with Crippen molar-refractivity contribution in [2.45, 2.75) is 0 Å². The lowest BCUT2D eigenvalue weighted by Crippen LogP contribution is -2.28. The van der Waals surface area contributed by atoms with Gasteiger partial charge in [-0.05, 0) is 18.2 Å². The van der Waals surface area contributed by atoms with Gasteiger partial charge in [0.1, 0.15) is 5.75 Å². The summed E-state index contributed by atoms with van der Waals surface area (Å²) in [7, 11) is 1.55. The second-order valence-electron chi connectivity index (χ2n) is 4.40. The highest BCUT2D eigenvalue weighted by atomic mass is 16.5. The minimum absolute atomic E-state index is 0.174. The highest BCUT2D eigenvalue weighted by molar-refractivity contribution is 6.11. The monoisotopic (exact) mass is 265 g/mol. The Kier molecular flexibility index (Phi) is 2.91. The Labute approximate surface area is 115 Å². The lowest BCUT2D eigenvalue weighted by Gasteiger charge is -2.04. The molecular formula is C16H11NO3. The van der Waals surface area contributed by atoms with Gasteiger partial charge < -0.3 is 4.74 Å². The van der Waals surface area contributed by atoms with E-state index in [1.165, 1.54) is 6.08 Å². The Morgan fingerprint density at radius 2 is 1.95 bits per heavy atom. The first-order valence-electron chi connectivity index (χ1n) is 6.11. The molecule has 0 unspecified atom stereocenters. The summed E-state index contributed by atoms with van der Waals surface area (Å²) in [4.78, 5) is 27.8. The molecule has 0 saturated carbocycles. The molecule has 0 aromatic heterocycles. The molecular weight excluding hydrogens is 254 g/mol. The fraction of sp³-hybridized carbons (Fsp3) is 0.0625. The smallest absolute Gasteiger partial charge is 0.270 e. The maximum atomic E-state index is 12.5. The highest BCUT2D eigenvalue weighted by Gasteiger charge is 2.15. The third-order valence-corrected chi connectivity index (χ3v) is 3.14. The maximum absolute atomic E-state index is 12.5. The number of benzene rings is 2. The van der Waals surface area contributed by atoms with Gasteiger partial charge in [0.25, 0.3) is 5.91 Å². The van der Waals surface area contributed by atoms with Crippen molar-refractivity contribution in [2.24, 2.45) is 4.99 Å². The van der Waals surface area contributed by atoms with Crippen LogP contribution in [-0.2, 0) is 4.79 Å². The van der Waals surface area contributed by atoms with Gasteiger partial charge in [0.2, 0.25) is 0 Å². The molecule has 3 rings (SSSR count). The van der Waals surface area contributed by atoms with Crippen molar-refractivity contribution in [3.8, 4) is 5.75 Å². The minimum Gasteiger partial charge on any atom is -0.497 e. The summed E-state index contributed by atoms with van der Waals surface area (Å²) in [5, 5.41) is 1.13. The lowest BCUT2D eigenvalue weighted by atomic mass is 10.0.